The molecule has 0 saturated carbocycles. The molecule has 1 fully saturated rings. The van der Waals surface area contributed by atoms with E-state index < -0.39 is 15.1 Å². The van der Waals surface area contributed by atoms with Gasteiger partial charge < -0.3 is 4.90 Å². The van der Waals surface area contributed by atoms with Gasteiger partial charge in [0.1, 0.15) is 0 Å². The maximum Gasteiger partial charge on any atom is 0.181 e. The van der Waals surface area contributed by atoms with Crippen LogP contribution in [0.3, 0.4) is 0 Å². The number of likely N-dealkylation sites (tertiary alicyclic amines) is 1. The number of piperidine rings is 1. The minimum Gasteiger partial charge on any atom is -0.303 e. The molecule has 3 nitrogen and oxygen atoms in total. The van der Waals surface area contributed by atoms with Gasteiger partial charge in [-0.1, -0.05) is 37.0 Å². The molecule has 2 atom stereocenters. The van der Waals surface area contributed by atoms with E-state index in [1.54, 1.807) is 19.1 Å². The Hall–Kier alpha value is -0.290. The maximum atomic E-state index is 12.8. The number of hydrogen-bond acceptors (Lipinski definition) is 3. The molecule has 0 aromatic heterocycles. The molecular weight excluding hydrogens is 365 g/mol. The van der Waals surface area contributed by atoms with E-state index in [0.29, 0.717) is 5.02 Å². The van der Waals surface area contributed by atoms with Crippen molar-refractivity contribution in [1.82, 2.24) is 4.90 Å². The molecule has 0 spiro atoms. The molecule has 0 bridgehead atoms. The fourth-order valence-electron chi connectivity index (χ4n) is 3.08. The molecule has 1 saturated heterocycles. The number of hydrogen-bond donors (Lipinski definition) is 0. The predicted molar refractivity (Wildman–Crippen MR) is 102 cm³/mol. The molecule has 1 aromatic rings. The summed E-state index contributed by atoms with van der Waals surface area (Å²) in [4.78, 5) is 2.71. The van der Waals surface area contributed by atoms with E-state index in [0.717, 1.165) is 32.0 Å². The average Bonchev–Trinajstić information content (AvgIpc) is 2.55. The largest absolute Gasteiger partial charge is 0.303 e. The summed E-state index contributed by atoms with van der Waals surface area (Å²) >= 11 is 11.9. The molecule has 136 valence electrons. The standard InChI is InChI=1S/C18H27Cl2NO2S/c1-13-6-9-21(10-7-13)11-8-14(2)15(3)24(22,23)16-4-5-17(19)18(20)12-16/h4-5,12-15H,6-11H2,1-3H3/t14-,15?/m1/s1. The summed E-state index contributed by atoms with van der Waals surface area (Å²) in [5.41, 5.74) is 0. The zero-order chi connectivity index (χ0) is 17.9. The molecule has 0 aliphatic carbocycles. The Balaban J connectivity index is 1.98. The first-order chi connectivity index (χ1) is 11.2. The van der Waals surface area contributed by atoms with Gasteiger partial charge in [-0.3, -0.25) is 0 Å². The molecule has 1 aromatic carbocycles. The van der Waals surface area contributed by atoms with E-state index in [2.05, 4.69) is 11.8 Å². The minimum atomic E-state index is -3.40. The summed E-state index contributed by atoms with van der Waals surface area (Å²) in [5.74, 6) is 0.899. The first-order valence-electron chi connectivity index (χ1n) is 8.63. The summed E-state index contributed by atoms with van der Waals surface area (Å²) in [6, 6.07) is 4.54. The van der Waals surface area contributed by atoms with Crippen LogP contribution in [0.5, 0.6) is 0 Å². The third kappa shape index (κ3) is 4.87. The number of nitrogens with zero attached hydrogens (tertiary/aromatic N) is 1. The average molecular weight is 392 g/mol. The molecule has 1 aliphatic rings. The fraction of sp³-hybridized carbons (Fsp3) is 0.667. The van der Waals surface area contributed by atoms with Gasteiger partial charge >= 0.3 is 0 Å². The van der Waals surface area contributed by atoms with E-state index in [-0.39, 0.29) is 15.8 Å². The molecule has 0 amide bonds. The van der Waals surface area contributed by atoms with Crippen LogP contribution in [0.1, 0.15) is 40.0 Å². The Morgan fingerprint density at radius 2 is 1.79 bits per heavy atom. The molecule has 0 N–H and O–H groups in total. The number of rotatable bonds is 6. The van der Waals surface area contributed by atoms with Crippen molar-refractivity contribution in [3.63, 3.8) is 0 Å². The summed E-state index contributed by atoms with van der Waals surface area (Å²) in [7, 11) is -3.40. The van der Waals surface area contributed by atoms with Gasteiger partial charge in [0.15, 0.2) is 9.84 Å². The molecule has 2 rings (SSSR count). The van der Waals surface area contributed by atoms with Crippen molar-refractivity contribution < 1.29 is 8.42 Å². The lowest BCUT2D eigenvalue weighted by atomic mass is 9.98. The van der Waals surface area contributed by atoms with Crippen molar-refractivity contribution in [2.24, 2.45) is 11.8 Å². The van der Waals surface area contributed by atoms with Crippen LogP contribution in [0.25, 0.3) is 0 Å². The molecule has 24 heavy (non-hydrogen) atoms. The van der Waals surface area contributed by atoms with Gasteiger partial charge in [-0.2, -0.15) is 0 Å². The Morgan fingerprint density at radius 1 is 1.17 bits per heavy atom. The first kappa shape index (κ1) is 20.0. The van der Waals surface area contributed by atoms with E-state index in [1.807, 2.05) is 6.92 Å². The number of benzene rings is 1. The third-order valence-electron chi connectivity index (χ3n) is 5.29. The highest BCUT2D eigenvalue weighted by Crippen LogP contribution is 2.29. The van der Waals surface area contributed by atoms with Gasteiger partial charge in [-0.15, -0.1) is 0 Å². The highest BCUT2D eigenvalue weighted by atomic mass is 35.5. The monoisotopic (exact) mass is 391 g/mol. The van der Waals surface area contributed by atoms with Gasteiger partial charge in [-0.05, 0) is 75.9 Å². The smallest absolute Gasteiger partial charge is 0.181 e. The molecule has 0 radical (unpaired) electrons. The SMILES string of the molecule is CC1CCN(CC[C@@H](C)C(C)S(=O)(=O)c2ccc(Cl)c(Cl)c2)CC1. The molecular formula is C18H27Cl2NO2S. The summed E-state index contributed by atoms with van der Waals surface area (Å²) < 4.78 is 25.6. The number of sulfone groups is 1. The third-order valence-corrected chi connectivity index (χ3v) is 8.38. The summed E-state index contributed by atoms with van der Waals surface area (Å²) in [6.07, 6.45) is 3.37. The molecule has 6 heteroatoms. The molecule has 1 unspecified atom stereocenters. The van der Waals surface area contributed by atoms with Gasteiger partial charge in [0.2, 0.25) is 0 Å². The van der Waals surface area contributed by atoms with Crippen molar-refractivity contribution >= 4 is 33.0 Å². The predicted octanol–water partition coefficient (Wildman–Crippen LogP) is 4.91. The zero-order valence-corrected chi connectivity index (χ0v) is 17.0. The van der Waals surface area contributed by atoms with Gasteiger partial charge in [-0.25, -0.2) is 8.42 Å². The summed E-state index contributed by atoms with van der Waals surface area (Å²) in [5, 5.41) is 0.203. The highest BCUT2D eigenvalue weighted by molar-refractivity contribution is 7.92. The van der Waals surface area contributed by atoms with Crippen LogP contribution in [0.2, 0.25) is 10.0 Å². The zero-order valence-electron chi connectivity index (χ0n) is 14.6. The highest BCUT2D eigenvalue weighted by Gasteiger charge is 2.29. The second kappa shape index (κ2) is 8.39. The van der Waals surface area contributed by atoms with Crippen LogP contribution in [0, 0.1) is 11.8 Å². The minimum absolute atomic E-state index is 0.0869. The van der Waals surface area contributed by atoms with Crippen LogP contribution in [-0.2, 0) is 9.84 Å². The van der Waals surface area contributed by atoms with E-state index >= 15 is 0 Å². The fourth-order valence-corrected chi connectivity index (χ4v) is 5.16. The van der Waals surface area contributed by atoms with E-state index in [1.165, 1.54) is 18.9 Å². The van der Waals surface area contributed by atoms with Crippen molar-refractivity contribution in [2.45, 2.75) is 50.2 Å². The molecule has 1 heterocycles. The quantitative estimate of drug-likeness (QED) is 0.690. The van der Waals surface area contributed by atoms with Crippen molar-refractivity contribution in [2.75, 3.05) is 19.6 Å². The lowest BCUT2D eigenvalue weighted by Crippen LogP contribution is -2.35. The Kier molecular flexibility index (Phi) is 7.00. The lowest BCUT2D eigenvalue weighted by molar-refractivity contribution is 0.182. The first-order valence-corrected chi connectivity index (χ1v) is 10.9. The lowest BCUT2D eigenvalue weighted by Gasteiger charge is -2.31. The Bertz CT molecular complexity index is 655. The van der Waals surface area contributed by atoms with Crippen LogP contribution < -0.4 is 0 Å². The van der Waals surface area contributed by atoms with Crippen LogP contribution in [0.15, 0.2) is 23.1 Å². The Morgan fingerprint density at radius 3 is 2.38 bits per heavy atom. The van der Waals surface area contributed by atoms with Crippen LogP contribution in [0.4, 0.5) is 0 Å². The second-order valence-corrected chi connectivity index (χ2v) is 10.2. The normalized spacial score (nSPS) is 20.0. The van der Waals surface area contributed by atoms with Crippen molar-refractivity contribution in [3.05, 3.63) is 28.2 Å². The maximum absolute atomic E-state index is 12.8. The van der Waals surface area contributed by atoms with Gasteiger partial charge in [0.25, 0.3) is 0 Å². The number of halogens is 2. The second-order valence-electron chi connectivity index (χ2n) is 7.12. The van der Waals surface area contributed by atoms with E-state index in [9.17, 15) is 8.42 Å². The van der Waals surface area contributed by atoms with Crippen LogP contribution in [-0.4, -0.2) is 38.2 Å². The summed E-state index contributed by atoms with van der Waals surface area (Å²) in [6.45, 7) is 9.33. The van der Waals surface area contributed by atoms with E-state index in [4.69, 9.17) is 23.2 Å². The Labute approximate surface area is 156 Å². The van der Waals surface area contributed by atoms with Gasteiger partial charge in [0.05, 0.1) is 20.2 Å². The van der Waals surface area contributed by atoms with Gasteiger partial charge in [0, 0.05) is 0 Å². The molecule has 1 aliphatic heterocycles. The van der Waals surface area contributed by atoms with Crippen molar-refractivity contribution in [3.8, 4) is 0 Å². The van der Waals surface area contributed by atoms with Crippen LogP contribution >= 0.6 is 23.2 Å². The van der Waals surface area contributed by atoms with Crippen molar-refractivity contribution in [1.29, 1.82) is 0 Å². The topological polar surface area (TPSA) is 37.4 Å².